The van der Waals surface area contributed by atoms with Crippen LogP contribution in [0.25, 0.3) is 17.0 Å². The summed E-state index contributed by atoms with van der Waals surface area (Å²) in [6.07, 6.45) is 3.91. The van der Waals surface area contributed by atoms with Gasteiger partial charge in [-0.15, -0.1) is 0 Å². The molecule has 1 atom stereocenters. The van der Waals surface area contributed by atoms with Crippen molar-refractivity contribution in [2.24, 2.45) is 0 Å². The topological polar surface area (TPSA) is 132 Å². The lowest BCUT2D eigenvalue weighted by Gasteiger charge is -2.36. The molecule has 3 aromatic heterocycles. The van der Waals surface area contributed by atoms with Gasteiger partial charge in [0, 0.05) is 31.1 Å². The number of benzene rings is 1. The molecule has 12 heteroatoms. The molecule has 0 unspecified atom stereocenters. The van der Waals surface area contributed by atoms with E-state index in [2.05, 4.69) is 20.4 Å². The lowest BCUT2D eigenvalue weighted by molar-refractivity contribution is 0.102. The fourth-order valence-electron chi connectivity index (χ4n) is 3.92. The molecule has 1 amide bonds. The van der Waals surface area contributed by atoms with Crippen LogP contribution in [0.1, 0.15) is 34.4 Å². The molecular weight excluding hydrogens is 472 g/mol. The first-order valence-corrected chi connectivity index (χ1v) is 12.6. The standard InChI is InChI=1S/C23H24N6O5S/c1-15-6-7-16(13-17(15)25-22(30)19-14-24-20-5-3-4-9-28(19)20)21-26-23(34-27-21)18-8-10-29(18)35(31,32)12-11-33-2/h3-7,9,13-14,18H,8,10-12H2,1-2H3,(H,25,30)/t18-/m1/s1. The summed E-state index contributed by atoms with van der Waals surface area (Å²) in [5.41, 5.74) is 3.17. The van der Waals surface area contributed by atoms with Gasteiger partial charge in [-0.3, -0.25) is 9.20 Å². The van der Waals surface area contributed by atoms with Gasteiger partial charge in [0.2, 0.25) is 21.7 Å². The Morgan fingerprint density at radius 2 is 2.14 bits per heavy atom. The summed E-state index contributed by atoms with van der Waals surface area (Å²) in [4.78, 5) is 21.6. The van der Waals surface area contributed by atoms with Crippen LogP contribution in [0.2, 0.25) is 0 Å². The average molecular weight is 497 g/mol. The van der Waals surface area contributed by atoms with Crippen molar-refractivity contribution in [3.05, 3.63) is 65.9 Å². The highest BCUT2D eigenvalue weighted by Gasteiger charge is 2.41. The Labute approximate surface area is 201 Å². The van der Waals surface area contributed by atoms with Gasteiger partial charge in [-0.1, -0.05) is 23.4 Å². The van der Waals surface area contributed by atoms with E-state index in [0.29, 0.717) is 41.4 Å². The molecule has 1 fully saturated rings. The average Bonchev–Trinajstić information content (AvgIpc) is 3.46. The molecule has 0 bridgehead atoms. The van der Waals surface area contributed by atoms with E-state index >= 15 is 0 Å². The first-order valence-electron chi connectivity index (χ1n) is 11.0. The molecule has 1 aliphatic heterocycles. The number of imidazole rings is 1. The van der Waals surface area contributed by atoms with E-state index in [-0.39, 0.29) is 24.2 Å². The number of carbonyl (C=O) groups excluding carboxylic acids is 1. The lowest BCUT2D eigenvalue weighted by Crippen LogP contribution is -2.46. The summed E-state index contributed by atoms with van der Waals surface area (Å²) < 4.78 is 38.4. The molecule has 11 nitrogen and oxygen atoms in total. The second kappa shape index (κ2) is 9.21. The Balaban J connectivity index is 1.35. The number of nitrogens with zero attached hydrogens (tertiary/aromatic N) is 5. The van der Waals surface area contributed by atoms with Crippen LogP contribution in [0.15, 0.2) is 53.3 Å². The van der Waals surface area contributed by atoms with E-state index in [4.69, 9.17) is 9.26 Å². The summed E-state index contributed by atoms with van der Waals surface area (Å²) >= 11 is 0. The Kier molecular flexibility index (Phi) is 6.09. The smallest absolute Gasteiger partial charge is 0.274 e. The largest absolute Gasteiger partial charge is 0.384 e. The number of aromatic nitrogens is 4. The van der Waals surface area contributed by atoms with Gasteiger partial charge in [-0.25, -0.2) is 13.4 Å². The lowest BCUT2D eigenvalue weighted by atomic mass is 10.1. The van der Waals surface area contributed by atoms with E-state index in [9.17, 15) is 13.2 Å². The molecule has 0 saturated carbocycles. The fraction of sp³-hybridized carbons (Fsp3) is 0.304. The van der Waals surface area contributed by atoms with E-state index in [0.717, 1.165) is 5.56 Å². The van der Waals surface area contributed by atoms with Crippen LogP contribution >= 0.6 is 0 Å². The van der Waals surface area contributed by atoms with Crippen LogP contribution in [-0.2, 0) is 14.8 Å². The highest BCUT2D eigenvalue weighted by Crippen LogP contribution is 2.36. The number of pyridine rings is 1. The maximum Gasteiger partial charge on any atom is 0.274 e. The number of amides is 1. The quantitative estimate of drug-likeness (QED) is 0.394. The second-order valence-corrected chi connectivity index (χ2v) is 10.3. The minimum atomic E-state index is -3.48. The molecule has 35 heavy (non-hydrogen) atoms. The number of carbonyl (C=O) groups is 1. The van der Waals surface area contributed by atoms with E-state index in [1.165, 1.54) is 17.6 Å². The van der Waals surface area contributed by atoms with Crippen LogP contribution in [0.4, 0.5) is 5.69 Å². The Bertz CT molecular complexity index is 1500. The van der Waals surface area contributed by atoms with Crippen molar-refractivity contribution >= 4 is 27.3 Å². The number of nitrogens with one attached hydrogen (secondary N) is 1. The first-order chi connectivity index (χ1) is 16.9. The number of hydrogen-bond acceptors (Lipinski definition) is 8. The van der Waals surface area contributed by atoms with Crippen LogP contribution in [0.3, 0.4) is 0 Å². The maximum atomic E-state index is 12.9. The molecule has 182 valence electrons. The zero-order valence-electron chi connectivity index (χ0n) is 19.2. The number of ether oxygens (including phenoxy) is 1. The van der Waals surface area contributed by atoms with Crippen LogP contribution in [0, 0.1) is 6.92 Å². The van der Waals surface area contributed by atoms with Crippen molar-refractivity contribution < 1.29 is 22.5 Å². The Morgan fingerprint density at radius 1 is 1.29 bits per heavy atom. The SMILES string of the molecule is COCCS(=O)(=O)N1CC[C@@H]1c1nc(-c2ccc(C)c(NC(=O)c3cnc4ccccn34)c2)no1. The van der Waals surface area contributed by atoms with Gasteiger partial charge in [0.05, 0.1) is 18.6 Å². The van der Waals surface area contributed by atoms with Gasteiger partial charge in [-0.05, 0) is 37.1 Å². The summed E-state index contributed by atoms with van der Waals surface area (Å²) in [6.45, 7) is 2.40. The summed E-state index contributed by atoms with van der Waals surface area (Å²) in [6, 6.07) is 10.5. The molecule has 0 radical (unpaired) electrons. The number of sulfonamides is 1. The molecule has 0 aliphatic carbocycles. The molecule has 1 saturated heterocycles. The molecule has 5 rings (SSSR count). The zero-order valence-corrected chi connectivity index (χ0v) is 20.0. The van der Waals surface area contributed by atoms with Gasteiger partial charge in [0.15, 0.2) is 0 Å². The molecule has 4 heterocycles. The van der Waals surface area contributed by atoms with Gasteiger partial charge in [0.25, 0.3) is 5.91 Å². The number of methoxy groups -OCH3 is 1. The number of aryl methyl sites for hydroxylation is 1. The minimum absolute atomic E-state index is 0.103. The van der Waals surface area contributed by atoms with Crippen molar-refractivity contribution in [2.75, 3.05) is 31.3 Å². The van der Waals surface area contributed by atoms with E-state index in [1.807, 2.05) is 37.3 Å². The van der Waals surface area contributed by atoms with Gasteiger partial charge in [-0.2, -0.15) is 9.29 Å². The molecular formula is C23H24N6O5S. The normalized spacial score (nSPS) is 16.3. The van der Waals surface area contributed by atoms with E-state index in [1.54, 1.807) is 16.7 Å². The summed E-state index contributed by atoms with van der Waals surface area (Å²) in [5.74, 6) is 0.147. The van der Waals surface area contributed by atoms with Gasteiger partial charge in [0.1, 0.15) is 17.4 Å². The highest BCUT2D eigenvalue weighted by atomic mass is 32.2. The number of fused-ring (bicyclic) bond motifs is 1. The highest BCUT2D eigenvalue weighted by molar-refractivity contribution is 7.89. The summed E-state index contributed by atoms with van der Waals surface area (Å²) in [5, 5.41) is 6.98. The van der Waals surface area contributed by atoms with Crippen molar-refractivity contribution in [2.45, 2.75) is 19.4 Å². The van der Waals surface area contributed by atoms with Crippen molar-refractivity contribution in [3.8, 4) is 11.4 Å². The van der Waals surface area contributed by atoms with Gasteiger partial charge < -0.3 is 14.6 Å². The Morgan fingerprint density at radius 3 is 2.91 bits per heavy atom. The minimum Gasteiger partial charge on any atom is -0.384 e. The molecule has 1 aromatic carbocycles. The predicted molar refractivity (Wildman–Crippen MR) is 127 cm³/mol. The van der Waals surface area contributed by atoms with Crippen molar-refractivity contribution in [3.63, 3.8) is 0 Å². The zero-order chi connectivity index (χ0) is 24.6. The van der Waals surface area contributed by atoms with Gasteiger partial charge >= 0.3 is 0 Å². The third-order valence-electron chi connectivity index (χ3n) is 5.99. The second-order valence-electron chi connectivity index (χ2n) is 8.24. The van der Waals surface area contributed by atoms with Crippen LogP contribution in [-0.4, -0.2) is 64.2 Å². The molecule has 1 aliphatic rings. The van der Waals surface area contributed by atoms with E-state index < -0.39 is 16.1 Å². The monoisotopic (exact) mass is 496 g/mol. The fourth-order valence-corrected chi connectivity index (χ4v) is 5.50. The number of hydrogen-bond donors (Lipinski definition) is 1. The molecule has 0 spiro atoms. The van der Waals surface area contributed by atoms with Crippen molar-refractivity contribution in [1.29, 1.82) is 0 Å². The molecule has 1 N–H and O–H groups in total. The third-order valence-corrected chi connectivity index (χ3v) is 7.83. The first kappa shape index (κ1) is 23.1. The van der Waals surface area contributed by atoms with Crippen LogP contribution < -0.4 is 5.32 Å². The number of anilines is 1. The predicted octanol–water partition coefficient (Wildman–Crippen LogP) is 2.67. The van der Waals surface area contributed by atoms with Crippen molar-refractivity contribution in [1.82, 2.24) is 23.8 Å². The molecule has 4 aromatic rings. The third kappa shape index (κ3) is 4.43. The Hall–Kier alpha value is -3.61. The maximum absolute atomic E-state index is 12.9. The number of rotatable bonds is 8. The van der Waals surface area contributed by atoms with Crippen LogP contribution in [0.5, 0.6) is 0 Å². The summed E-state index contributed by atoms with van der Waals surface area (Å²) in [7, 11) is -2.01.